The van der Waals surface area contributed by atoms with Crippen LogP contribution in [0.5, 0.6) is 0 Å². The van der Waals surface area contributed by atoms with Crippen molar-refractivity contribution in [2.45, 2.75) is 37.8 Å². The van der Waals surface area contributed by atoms with Crippen LogP contribution >= 0.6 is 24.8 Å². The summed E-state index contributed by atoms with van der Waals surface area (Å²) < 4.78 is 4.96. The van der Waals surface area contributed by atoms with Gasteiger partial charge < -0.3 is 15.4 Å². The molecule has 2 aliphatic heterocycles. The van der Waals surface area contributed by atoms with Crippen LogP contribution in [0.4, 0.5) is 0 Å². The zero-order chi connectivity index (χ0) is 13.0. The standard InChI is InChI=1S/C13H25N3O2.2ClH/c1-18-10-12(14)13(17)16-8-4-5-11(9-16)15-6-2-3-7-15;;/h11-12H,2-10,14H2,1H3;2*1H. The second-order valence-electron chi connectivity index (χ2n) is 5.39. The van der Waals surface area contributed by atoms with Gasteiger partial charge in [0.2, 0.25) is 5.91 Å². The van der Waals surface area contributed by atoms with Crippen LogP contribution < -0.4 is 5.73 Å². The van der Waals surface area contributed by atoms with E-state index < -0.39 is 6.04 Å². The van der Waals surface area contributed by atoms with Crippen LogP contribution in [0, 0.1) is 0 Å². The van der Waals surface area contributed by atoms with Gasteiger partial charge in [-0.3, -0.25) is 9.69 Å². The number of methoxy groups -OCH3 is 1. The molecule has 2 N–H and O–H groups in total. The number of ether oxygens (including phenoxy) is 1. The van der Waals surface area contributed by atoms with Crippen LogP contribution in [0.15, 0.2) is 0 Å². The lowest BCUT2D eigenvalue weighted by molar-refractivity contribution is -0.135. The lowest BCUT2D eigenvalue weighted by Crippen LogP contribution is -2.54. The predicted molar refractivity (Wildman–Crippen MR) is 84.8 cm³/mol. The Hall–Kier alpha value is -0.0700. The highest BCUT2D eigenvalue weighted by atomic mass is 35.5. The summed E-state index contributed by atoms with van der Waals surface area (Å²) in [4.78, 5) is 16.6. The molecule has 0 aromatic heterocycles. The molecule has 2 atom stereocenters. The lowest BCUT2D eigenvalue weighted by atomic mass is 10.0. The van der Waals surface area contributed by atoms with Crippen molar-refractivity contribution in [3.05, 3.63) is 0 Å². The summed E-state index contributed by atoms with van der Waals surface area (Å²) in [6, 6.07) is 0.0345. The van der Waals surface area contributed by atoms with E-state index >= 15 is 0 Å². The number of amides is 1. The van der Waals surface area contributed by atoms with E-state index in [0.29, 0.717) is 12.6 Å². The van der Waals surface area contributed by atoms with Crippen molar-refractivity contribution in [2.24, 2.45) is 5.73 Å². The first-order valence-corrected chi connectivity index (χ1v) is 6.99. The van der Waals surface area contributed by atoms with Crippen molar-refractivity contribution >= 4 is 30.7 Å². The van der Waals surface area contributed by atoms with Crippen molar-refractivity contribution in [3.63, 3.8) is 0 Å². The minimum absolute atomic E-state index is 0. The maximum atomic E-state index is 12.2. The Labute approximate surface area is 134 Å². The minimum Gasteiger partial charge on any atom is -0.383 e. The molecule has 0 aliphatic carbocycles. The van der Waals surface area contributed by atoms with E-state index in [1.165, 1.54) is 32.4 Å². The Bertz CT molecular complexity index is 289. The second-order valence-corrected chi connectivity index (χ2v) is 5.39. The van der Waals surface area contributed by atoms with E-state index in [2.05, 4.69) is 4.90 Å². The summed E-state index contributed by atoms with van der Waals surface area (Å²) in [5.74, 6) is 0.0424. The molecular weight excluding hydrogens is 301 g/mol. The van der Waals surface area contributed by atoms with Crippen LogP contribution in [0.25, 0.3) is 0 Å². The van der Waals surface area contributed by atoms with Gasteiger partial charge in [0.15, 0.2) is 0 Å². The first-order chi connectivity index (χ1) is 8.72. The molecule has 120 valence electrons. The zero-order valence-corrected chi connectivity index (χ0v) is 13.8. The highest BCUT2D eigenvalue weighted by molar-refractivity contribution is 5.85. The molecule has 5 nitrogen and oxygen atoms in total. The molecule has 0 aromatic carbocycles. The summed E-state index contributed by atoms with van der Waals surface area (Å²) in [5.41, 5.74) is 5.83. The van der Waals surface area contributed by atoms with Gasteiger partial charge in [0.05, 0.1) is 6.61 Å². The fourth-order valence-corrected chi connectivity index (χ4v) is 3.05. The lowest BCUT2D eigenvalue weighted by Gasteiger charge is -2.38. The summed E-state index contributed by atoms with van der Waals surface area (Å²) in [6.07, 6.45) is 4.90. The molecule has 0 spiro atoms. The molecule has 2 saturated heterocycles. The van der Waals surface area contributed by atoms with Gasteiger partial charge in [-0.2, -0.15) is 0 Å². The van der Waals surface area contributed by atoms with Gasteiger partial charge in [0.25, 0.3) is 0 Å². The Morgan fingerprint density at radius 3 is 2.50 bits per heavy atom. The molecule has 7 heteroatoms. The smallest absolute Gasteiger partial charge is 0.241 e. The van der Waals surface area contributed by atoms with Gasteiger partial charge in [-0.05, 0) is 38.8 Å². The summed E-state index contributed by atoms with van der Waals surface area (Å²) in [6.45, 7) is 4.38. The third-order valence-corrected chi connectivity index (χ3v) is 4.03. The second kappa shape index (κ2) is 9.79. The molecule has 2 fully saturated rings. The fraction of sp³-hybridized carbons (Fsp3) is 0.923. The number of hydrogen-bond acceptors (Lipinski definition) is 4. The molecule has 0 saturated carbocycles. The minimum atomic E-state index is -0.507. The molecule has 0 radical (unpaired) electrons. The molecule has 0 bridgehead atoms. The molecule has 20 heavy (non-hydrogen) atoms. The summed E-state index contributed by atoms with van der Waals surface area (Å²) in [5, 5.41) is 0. The summed E-state index contributed by atoms with van der Waals surface area (Å²) in [7, 11) is 1.58. The molecule has 0 aromatic rings. The van der Waals surface area contributed by atoms with E-state index in [9.17, 15) is 4.79 Å². The Morgan fingerprint density at radius 2 is 1.90 bits per heavy atom. The Kier molecular flexibility index (Phi) is 9.76. The number of nitrogens with two attached hydrogens (primary N) is 1. The van der Waals surface area contributed by atoms with Crippen molar-refractivity contribution in [1.82, 2.24) is 9.80 Å². The summed E-state index contributed by atoms with van der Waals surface area (Å²) >= 11 is 0. The third kappa shape index (κ3) is 5.04. The van der Waals surface area contributed by atoms with E-state index in [-0.39, 0.29) is 30.7 Å². The number of likely N-dealkylation sites (tertiary alicyclic amines) is 2. The molecule has 1 amide bonds. The molecular formula is C13H27Cl2N3O2. The normalized spacial score (nSPS) is 24.7. The van der Waals surface area contributed by atoms with Gasteiger partial charge >= 0.3 is 0 Å². The van der Waals surface area contributed by atoms with Crippen LogP contribution in [-0.2, 0) is 9.53 Å². The van der Waals surface area contributed by atoms with Crippen molar-refractivity contribution in [2.75, 3.05) is 39.9 Å². The van der Waals surface area contributed by atoms with Crippen LogP contribution in [-0.4, -0.2) is 67.7 Å². The Balaban J connectivity index is 0.00000180. The van der Waals surface area contributed by atoms with Crippen molar-refractivity contribution in [3.8, 4) is 0 Å². The quantitative estimate of drug-likeness (QED) is 0.833. The molecule has 2 aliphatic rings. The number of carbonyl (C=O) groups is 1. The van der Waals surface area contributed by atoms with Gasteiger partial charge in [-0.25, -0.2) is 0 Å². The van der Waals surface area contributed by atoms with Crippen molar-refractivity contribution < 1.29 is 9.53 Å². The maximum absolute atomic E-state index is 12.2. The Morgan fingerprint density at radius 1 is 1.25 bits per heavy atom. The van der Waals surface area contributed by atoms with Gasteiger partial charge in [0.1, 0.15) is 6.04 Å². The van der Waals surface area contributed by atoms with Crippen LogP contribution in [0.1, 0.15) is 25.7 Å². The number of carbonyl (C=O) groups excluding carboxylic acids is 1. The van der Waals surface area contributed by atoms with Gasteiger partial charge in [0, 0.05) is 26.2 Å². The predicted octanol–water partition coefficient (Wildman–Crippen LogP) is 0.890. The first kappa shape index (κ1) is 19.9. The third-order valence-electron chi connectivity index (χ3n) is 4.03. The number of rotatable bonds is 4. The van der Waals surface area contributed by atoms with Gasteiger partial charge in [-0.1, -0.05) is 0 Å². The number of hydrogen-bond donors (Lipinski definition) is 1. The zero-order valence-electron chi connectivity index (χ0n) is 12.1. The monoisotopic (exact) mass is 327 g/mol. The van der Waals surface area contributed by atoms with E-state index in [0.717, 1.165) is 19.5 Å². The fourth-order valence-electron chi connectivity index (χ4n) is 3.05. The average Bonchev–Trinajstić information content (AvgIpc) is 2.92. The topological polar surface area (TPSA) is 58.8 Å². The largest absolute Gasteiger partial charge is 0.383 e. The highest BCUT2D eigenvalue weighted by Crippen LogP contribution is 2.20. The number of nitrogens with zero attached hydrogens (tertiary/aromatic N) is 2. The first-order valence-electron chi connectivity index (χ1n) is 6.99. The van der Waals surface area contributed by atoms with E-state index in [1.54, 1.807) is 7.11 Å². The van der Waals surface area contributed by atoms with Crippen LogP contribution in [0.2, 0.25) is 0 Å². The molecule has 2 rings (SSSR count). The average molecular weight is 328 g/mol. The van der Waals surface area contributed by atoms with Gasteiger partial charge in [-0.15, -0.1) is 24.8 Å². The van der Waals surface area contributed by atoms with Crippen molar-refractivity contribution in [1.29, 1.82) is 0 Å². The van der Waals surface area contributed by atoms with E-state index in [4.69, 9.17) is 10.5 Å². The van der Waals surface area contributed by atoms with E-state index in [1.807, 2.05) is 4.90 Å². The highest BCUT2D eigenvalue weighted by Gasteiger charge is 2.30. The number of halogens is 2. The molecule has 2 unspecified atom stereocenters. The SMILES string of the molecule is COCC(N)C(=O)N1CCCC(N2CCCC2)C1.Cl.Cl. The maximum Gasteiger partial charge on any atom is 0.241 e. The number of piperidine rings is 1. The molecule has 2 heterocycles. The van der Waals surface area contributed by atoms with Crippen LogP contribution in [0.3, 0.4) is 0 Å².